The van der Waals surface area contributed by atoms with Gasteiger partial charge in [0.25, 0.3) is 0 Å². The van der Waals surface area contributed by atoms with Crippen LogP contribution in [0.2, 0.25) is 0 Å². The zero-order valence-corrected chi connectivity index (χ0v) is 13.6. The van der Waals surface area contributed by atoms with Gasteiger partial charge in [-0.1, -0.05) is 0 Å². The van der Waals surface area contributed by atoms with E-state index in [0.29, 0.717) is 30.4 Å². The van der Waals surface area contributed by atoms with Crippen LogP contribution in [0.25, 0.3) is 0 Å². The number of fused-ring (bicyclic) bond motifs is 1. The summed E-state index contributed by atoms with van der Waals surface area (Å²) in [6, 6.07) is 11.7. The van der Waals surface area contributed by atoms with Crippen molar-refractivity contribution < 1.29 is 19.4 Å². The smallest absolute Gasteiger partial charge is 0.338 e. The van der Waals surface area contributed by atoms with Gasteiger partial charge < -0.3 is 20.5 Å². The van der Waals surface area contributed by atoms with Crippen molar-refractivity contribution in [3.05, 3.63) is 59.2 Å². The number of aliphatic imine (C=N–C) groups is 1. The third-order valence-corrected chi connectivity index (χ3v) is 3.69. The minimum absolute atomic E-state index is 0.214. The van der Waals surface area contributed by atoms with Crippen molar-refractivity contribution in [3.8, 4) is 0 Å². The van der Waals surface area contributed by atoms with E-state index < -0.39 is 5.97 Å². The molecule has 0 saturated carbocycles. The van der Waals surface area contributed by atoms with Crippen molar-refractivity contribution in [3.63, 3.8) is 0 Å². The molecule has 0 aromatic heterocycles. The number of esters is 1. The molecule has 7 nitrogen and oxygen atoms in total. The van der Waals surface area contributed by atoms with E-state index in [2.05, 4.69) is 15.6 Å². The third kappa shape index (κ3) is 3.60. The van der Waals surface area contributed by atoms with Crippen molar-refractivity contribution >= 4 is 29.1 Å². The second-order valence-corrected chi connectivity index (χ2v) is 5.33. The topological polar surface area (TPSA) is 100 Å². The minimum Gasteiger partial charge on any atom is -0.478 e. The van der Waals surface area contributed by atoms with Crippen LogP contribution in [-0.4, -0.2) is 36.2 Å². The Morgan fingerprint density at radius 1 is 1.20 bits per heavy atom. The summed E-state index contributed by atoms with van der Waals surface area (Å²) in [7, 11) is 0. The van der Waals surface area contributed by atoms with Gasteiger partial charge in [0.1, 0.15) is 12.5 Å². The monoisotopic (exact) mass is 339 g/mol. The van der Waals surface area contributed by atoms with E-state index in [0.717, 1.165) is 11.3 Å². The number of nitrogens with one attached hydrogen (secondary N) is 2. The first-order valence-corrected chi connectivity index (χ1v) is 7.78. The first-order chi connectivity index (χ1) is 12.1. The number of hydrogen-bond donors (Lipinski definition) is 3. The molecule has 3 N–H and O–H groups in total. The fourth-order valence-corrected chi connectivity index (χ4v) is 2.47. The van der Waals surface area contributed by atoms with Gasteiger partial charge in [0.05, 0.1) is 17.7 Å². The van der Waals surface area contributed by atoms with Gasteiger partial charge in [0.2, 0.25) is 0 Å². The highest BCUT2D eigenvalue weighted by Crippen LogP contribution is 2.23. The highest BCUT2D eigenvalue weighted by atomic mass is 16.5. The van der Waals surface area contributed by atoms with Gasteiger partial charge >= 0.3 is 11.9 Å². The predicted octanol–water partition coefficient (Wildman–Crippen LogP) is 2.80. The Hall–Kier alpha value is -3.35. The van der Waals surface area contributed by atoms with Crippen molar-refractivity contribution in [2.75, 3.05) is 23.9 Å². The number of carbonyl (C=O) groups excluding carboxylic acids is 1. The van der Waals surface area contributed by atoms with E-state index >= 15 is 0 Å². The van der Waals surface area contributed by atoms with E-state index in [1.165, 1.54) is 6.07 Å². The predicted molar refractivity (Wildman–Crippen MR) is 94.4 cm³/mol. The molecule has 2 aromatic rings. The van der Waals surface area contributed by atoms with Gasteiger partial charge in [-0.2, -0.15) is 0 Å². The second-order valence-electron chi connectivity index (χ2n) is 5.33. The van der Waals surface area contributed by atoms with Crippen LogP contribution >= 0.6 is 0 Å². The summed E-state index contributed by atoms with van der Waals surface area (Å²) in [5.74, 6) is -0.703. The fraction of sp³-hybridized carbons (Fsp3) is 0.167. The number of carboxylic acids is 1. The standard InChI is InChI=1S/C18H17N3O4/c1-2-25-18(24)11-3-6-13(7-4-11)21-16-14-8-5-12(17(22)23)9-15(14)19-10-20-16/h3-9,19H,2,10H2,1H3,(H,20,21)(H,22,23). The Morgan fingerprint density at radius 3 is 2.60 bits per heavy atom. The van der Waals surface area contributed by atoms with Crippen molar-refractivity contribution in [2.24, 2.45) is 4.99 Å². The summed E-state index contributed by atoms with van der Waals surface area (Å²) in [4.78, 5) is 27.1. The maximum Gasteiger partial charge on any atom is 0.338 e. The molecule has 1 heterocycles. The zero-order chi connectivity index (χ0) is 17.8. The van der Waals surface area contributed by atoms with Gasteiger partial charge in [-0.15, -0.1) is 0 Å². The summed E-state index contributed by atoms with van der Waals surface area (Å²) in [6.45, 7) is 2.44. The lowest BCUT2D eigenvalue weighted by Gasteiger charge is -2.20. The van der Waals surface area contributed by atoms with Crippen LogP contribution in [0, 0.1) is 0 Å². The molecule has 0 unspecified atom stereocenters. The first kappa shape index (κ1) is 16.5. The number of nitrogens with zero attached hydrogens (tertiary/aromatic N) is 1. The summed E-state index contributed by atoms with van der Waals surface area (Å²) >= 11 is 0. The molecule has 2 aromatic carbocycles. The van der Waals surface area contributed by atoms with Gasteiger partial charge in [0, 0.05) is 16.9 Å². The van der Waals surface area contributed by atoms with Crippen LogP contribution in [0.1, 0.15) is 33.2 Å². The van der Waals surface area contributed by atoms with Crippen LogP contribution in [0.3, 0.4) is 0 Å². The number of rotatable bonds is 4. The van der Waals surface area contributed by atoms with Gasteiger partial charge in [0.15, 0.2) is 0 Å². The Kier molecular flexibility index (Phi) is 4.65. The molecule has 0 spiro atoms. The van der Waals surface area contributed by atoms with Crippen LogP contribution in [0.15, 0.2) is 47.5 Å². The highest BCUT2D eigenvalue weighted by Gasteiger charge is 2.16. The molecule has 1 aliphatic rings. The lowest BCUT2D eigenvalue weighted by molar-refractivity contribution is 0.0526. The molecule has 128 valence electrons. The molecule has 0 saturated heterocycles. The highest BCUT2D eigenvalue weighted by molar-refractivity contribution is 6.13. The molecule has 0 radical (unpaired) electrons. The lowest BCUT2D eigenvalue weighted by atomic mass is 10.1. The number of benzene rings is 2. The molecule has 0 bridgehead atoms. The molecule has 3 rings (SSSR count). The van der Waals surface area contributed by atoms with Gasteiger partial charge in [-0.25, -0.2) is 14.6 Å². The van der Waals surface area contributed by atoms with Crippen molar-refractivity contribution in [1.82, 2.24) is 0 Å². The molecular weight excluding hydrogens is 322 g/mol. The van der Waals surface area contributed by atoms with Crippen LogP contribution in [0.5, 0.6) is 0 Å². The number of amidine groups is 1. The third-order valence-electron chi connectivity index (χ3n) is 3.69. The molecule has 25 heavy (non-hydrogen) atoms. The average Bonchev–Trinajstić information content (AvgIpc) is 2.62. The van der Waals surface area contributed by atoms with Crippen molar-refractivity contribution in [2.45, 2.75) is 6.92 Å². The number of ether oxygens (including phenoxy) is 1. The first-order valence-electron chi connectivity index (χ1n) is 7.78. The lowest BCUT2D eigenvalue weighted by Crippen LogP contribution is -2.22. The van der Waals surface area contributed by atoms with Crippen LogP contribution < -0.4 is 10.6 Å². The number of carbonyl (C=O) groups is 2. The maximum atomic E-state index is 11.7. The Morgan fingerprint density at radius 2 is 1.92 bits per heavy atom. The summed E-state index contributed by atoms with van der Waals surface area (Å²) in [5, 5.41) is 15.3. The number of anilines is 2. The van der Waals surface area contributed by atoms with Crippen LogP contribution in [-0.2, 0) is 4.74 Å². The maximum absolute atomic E-state index is 11.7. The van der Waals surface area contributed by atoms with E-state index in [-0.39, 0.29) is 11.5 Å². The second kappa shape index (κ2) is 7.04. The molecule has 7 heteroatoms. The number of aromatic carboxylic acids is 1. The molecule has 1 aliphatic heterocycles. The normalized spacial score (nSPS) is 12.4. The molecule has 0 atom stereocenters. The molecule has 0 fully saturated rings. The average molecular weight is 339 g/mol. The van der Waals surface area contributed by atoms with E-state index in [9.17, 15) is 9.59 Å². The number of hydrogen-bond acceptors (Lipinski definition) is 6. The van der Waals surface area contributed by atoms with E-state index in [4.69, 9.17) is 9.84 Å². The largest absolute Gasteiger partial charge is 0.478 e. The van der Waals surface area contributed by atoms with E-state index in [1.807, 2.05) is 0 Å². The summed E-state index contributed by atoms with van der Waals surface area (Å²) in [5.41, 5.74) is 2.95. The Labute approximate surface area is 144 Å². The molecule has 0 amide bonds. The van der Waals surface area contributed by atoms with Crippen LogP contribution in [0.4, 0.5) is 11.4 Å². The Balaban J connectivity index is 1.79. The molecular formula is C18H17N3O4. The fourth-order valence-electron chi connectivity index (χ4n) is 2.47. The summed E-state index contributed by atoms with van der Waals surface area (Å²) in [6.07, 6.45) is 0. The quantitative estimate of drug-likeness (QED) is 0.741. The zero-order valence-electron chi connectivity index (χ0n) is 13.6. The van der Waals surface area contributed by atoms with Crippen molar-refractivity contribution in [1.29, 1.82) is 0 Å². The van der Waals surface area contributed by atoms with Gasteiger partial charge in [-0.05, 0) is 49.4 Å². The summed E-state index contributed by atoms with van der Waals surface area (Å²) < 4.78 is 4.96. The minimum atomic E-state index is -0.976. The SMILES string of the molecule is CCOC(=O)c1ccc(NC2=NCNc3cc(C(=O)O)ccc32)cc1. The van der Waals surface area contributed by atoms with Gasteiger partial charge in [-0.3, -0.25) is 0 Å². The number of carboxylic acid groups (broad SMARTS) is 1. The molecule has 0 aliphatic carbocycles. The van der Waals surface area contributed by atoms with E-state index in [1.54, 1.807) is 43.3 Å². The Bertz CT molecular complexity index is 844.